The van der Waals surface area contributed by atoms with Crippen molar-refractivity contribution in [1.82, 2.24) is 9.97 Å². The molecular weight excluding hydrogens is 284 g/mol. The molecule has 0 atom stereocenters. The Kier molecular flexibility index (Phi) is 4.55. The largest absolute Gasteiger partial charge is 0.384 e. The predicted molar refractivity (Wildman–Crippen MR) is 88.4 cm³/mol. The van der Waals surface area contributed by atoms with Gasteiger partial charge in [-0.1, -0.05) is 0 Å². The average Bonchev–Trinajstić information content (AvgIpc) is 2.96. The molecule has 5 nitrogen and oxygen atoms in total. The van der Waals surface area contributed by atoms with E-state index in [2.05, 4.69) is 33.6 Å². The van der Waals surface area contributed by atoms with Gasteiger partial charge in [-0.2, -0.15) is 4.98 Å². The van der Waals surface area contributed by atoms with Crippen molar-refractivity contribution in [3.8, 4) is 0 Å². The molecule has 1 aliphatic rings. The van der Waals surface area contributed by atoms with Gasteiger partial charge >= 0.3 is 0 Å². The topological polar surface area (TPSA) is 50.3 Å². The Bertz CT molecular complexity index is 592. The molecule has 3 rings (SSSR count). The number of hydrogen-bond donors (Lipinski definition) is 1. The lowest BCUT2D eigenvalue weighted by Crippen LogP contribution is -2.35. The van der Waals surface area contributed by atoms with Gasteiger partial charge in [-0.3, -0.25) is 0 Å². The van der Waals surface area contributed by atoms with Crippen LogP contribution in [0.25, 0.3) is 10.2 Å². The first kappa shape index (κ1) is 14.5. The van der Waals surface area contributed by atoms with Crippen molar-refractivity contribution in [3.63, 3.8) is 0 Å². The Labute approximate surface area is 129 Å². The fraction of sp³-hybridized carbons (Fsp3) is 0.600. The minimum Gasteiger partial charge on any atom is -0.384 e. The Morgan fingerprint density at radius 3 is 2.90 bits per heavy atom. The zero-order chi connectivity index (χ0) is 14.7. The molecule has 1 aliphatic heterocycles. The van der Waals surface area contributed by atoms with Crippen LogP contribution in [0, 0.1) is 5.92 Å². The fourth-order valence-corrected chi connectivity index (χ4v) is 3.62. The minimum absolute atomic E-state index is 0.680. The number of piperidine rings is 1. The molecular formula is C15H22N4OS. The van der Waals surface area contributed by atoms with Crippen LogP contribution < -0.4 is 10.2 Å². The predicted octanol–water partition coefficient (Wildman–Crippen LogP) is 2.99. The van der Waals surface area contributed by atoms with Crippen LogP contribution in [0.1, 0.15) is 19.8 Å². The maximum Gasteiger partial charge on any atom is 0.226 e. The highest BCUT2D eigenvalue weighted by molar-refractivity contribution is 7.16. The average molecular weight is 306 g/mol. The number of fused-ring (bicyclic) bond motifs is 1. The molecule has 1 fully saturated rings. The summed E-state index contributed by atoms with van der Waals surface area (Å²) in [6.45, 7) is 5.86. The van der Waals surface area contributed by atoms with E-state index in [-0.39, 0.29) is 0 Å². The van der Waals surface area contributed by atoms with Crippen molar-refractivity contribution in [2.24, 2.45) is 5.92 Å². The molecule has 1 N–H and O–H groups in total. The molecule has 114 valence electrons. The van der Waals surface area contributed by atoms with Crippen molar-refractivity contribution in [2.45, 2.75) is 19.8 Å². The fourth-order valence-electron chi connectivity index (χ4n) is 2.87. The lowest BCUT2D eigenvalue weighted by molar-refractivity contribution is 0.139. The van der Waals surface area contributed by atoms with Gasteiger partial charge in [-0.05, 0) is 37.1 Å². The summed E-state index contributed by atoms with van der Waals surface area (Å²) in [6.07, 6.45) is 2.33. The van der Waals surface area contributed by atoms with Crippen LogP contribution in [0.4, 0.5) is 11.8 Å². The third-order valence-electron chi connectivity index (χ3n) is 3.96. The number of nitrogens with one attached hydrogen (secondary N) is 1. The first-order chi connectivity index (χ1) is 10.3. The highest BCUT2D eigenvalue weighted by atomic mass is 32.1. The van der Waals surface area contributed by atoms with E-state index in [1.165, 1.54) is 18.2 Å². The van der Waals surface area contributed by atoms with Crippen molar-refractivity contribution in [3.05, 3.63) is 11.4 Å². The van der Waals surface area contributed by atoms with Gasteiger partial charge in [0.15, 0.2) is 0 Å². The third kappa shape index (κ3) is 3.11. The zero-order valence-corrected chi connectivity index (χ0v) is 13.4. The van der Waals surface area contributed by atoms with Crippen LogP contribution >= 0.6 is 11.3 Å². The van der Waals surface area contributed by atoms with Crippen LogP contribution in [0.15, 0.2) is 11.4 Å². The van der Waals surface area contributed by atoms with Crippen molar-refractivity contribution in [1.29, 1.82) is 0 Å². The number of anilines is 2. The quantitative estimate of drug-likeness (QED) is 0.920. The van der Waals surface area contributed by atoms with Crippen LogP contribution in [0.2, 0.25) is 0 Å². The summed E-state index contributed by atoms with van der Waals surface area (Å²) < 4.78 is 5.28. The number of nitrogens with zero attached hydrogens (tertiary/aromatic N) is 3. The molecule has 0 saturated carbocycles. The van der Waals surface area contributed by atoms with Crippen molar-refractivity contribution >= 4 is 33.3 Å². The molecule has 0 spiro atoms. The first-order valence-electron chi connectivity index (χ1n) is 7.54. The first-order valence-corrected chi connectivity index (χ1v) is 8.42. The van der Waals surface area contributed by atoms with Crippen LogP contribution in [-0.2, 0) is 4.74 Å². The summed E-state index contributed by atoms with van der Waals surface area (Å²) in [5, 5.41) is 6.50. The van der Waals surface area contributed by atoms with Crippen molar-refractivity contribution in [2.75, 3.05) is 43.6 Å². The lowest BCUT2D eigenvalue weighted by atomic mass is 9.98. The summed E-state index contributed by atoms with van der Waals surface area (Å²) in [5.41, 5.74) is 0. The molecule has 0 radical (unpaired) electrons. The number of rotatable bonds is 5. The molecule has 0 unspecified atom stereocenters. The number of hydrogen-bond acceptors (Lipinski definition) is 6. The summed E-state index contributed by atoms with van der Waals surface area (Å²) in [6, 6.07) is 2.13. The Morgan fingerprint density at radius 1 is 1.38 bits per heavy atom. The van der Waals surface area contributed by atoms with E-state index in [0.29, 0.717) is 5.92 Å². The molecule has 2 aromatic rings. The third-order valence-corrected chi connectivity index (χ3v) is 4.76. The van der Waals surface area contributed by atoms with E-state index in [9.17, 15) is 0 Å². The smallest absolute Gasteiger partial charge is 0.226 e. The standard InChI is InChI=1S/C15H22N4OS/c1-3-16-15-17-13(12-6-9-21-14(12)18-15)19-7-4-11(5-8-19)10-20-2/h6,9,11H,3-5,7-8,10H2,1-2H3,(H,16,17,18). The summed E-state index contributed by atoms with van der Waals surface area (Å²) >= 11 is 1.68. The van der Waals surface area contributed by atoms with Crippen LogP contribution in [-0.4, -0.2) is 43.3 Å². The normalized spacial score (nSPS) is 16.6. The number of ether oxygens (including phenoxy) is 1. The maximum absolute atomic E-state index is 5.28. The molecule has 0 bridgehead atoms. The highest BCUT2D eigenvalue weighted by Crippen LogP contribution is 2.31. The summed E-state index contributed by atoms with van der Waals surface area (Å²) in [7, 11) is 1.79. The van der Waals surface area contributed by atoms with E-state index in [1.807, 2.05) is 0 Å². The van der Waals surface area contributed by atoms with Crippen molar-refractivity contribution < 1.29 is 4.74 Å². The molecule has 0 aliphatic carbocycles. The molecule has 0 aromatic carbocycles. The lowest BCUT2D eigenvalue weighted by Gasteiger charge is -2.32. The summed E-state index contributed by atoms with van der Waals surface area (Å²) in [4.78, 5) is 12.8. The van der Waals surface area contributed by atoms with Gasteiger partial charge in [0.05, 0.1) is 5.39 Å². The monoisotopic (exact) mass is 306 g/mol. The molecule has 6 heteroatoms. The van der Waals surface area contributed by atoms with Gasteiger partial charge in [-0.15, -0.1) is 11.3 Å². The minimum atomic E-state index is 0.680. The molecule has 2 aromatic heterocycles. The van der Waals surface area contributed by atoms with E-state index in [4.69, 9.17) is 9.72 Å². The second kappa shape index (κ2) is 6.58. The van der Waals surface area contributed by atoms with Gasteiger partial charge in [0.25, 0.3) is 0 Å². The second-order valence-electron chi connectivity index (χ2n) is 5.43. The second-order valence-corrected chi connectivity index (χ2v) is 6.32. The zero-order valence-electron chi connectivity index (χ0n) is 12.6. The molecule has 3 heterocycles. The number of thiophene rings is 1. The van der Waals surface area contributed by atoms with Gasteiger partial charge in [0, 0.05) is 33.4 Å². The van der Waals surface area contributed by atoms with Crippen LogP contribution in [0.5, 0.6) is 0 Å². The Balaban J connectivity index is 1.84. The number of methoxy groups -OCH3 is 1. The SMILES string of the molecule is CCNc1nc(N2CCC(COC)CC2)c2ccsc2n1. The van der Waals surface area contributed by atoms with E-state index in [1.54, 1.807) is 18.4 Å². The van der Waals surface area contributed by atoms with E-state index >= 15 is 0 Å². The Hall–Kier alpha value is -1.40. The maximum atomic E-state index is 5.28. The molecule has 0 amide bonds. The van der Waals surface area contributed by atoms with Gasteiger partial charge < -0.3 is 15.0 Å². The van der Waals surface area contributed by atoms with Gasteiger partial charge in [0.1, 0.15) is 10.6 Å². The molecule has 1 saturated heterocycles. The highest BCUT2D eigenvalue weighted by Gasteiger charge is 2.22. The molecule has 21 heavy (non-hydrogen) atoms. The van der Waals surface area contributed by atoms with Gasteiger partial charge in [-0.25, -0.2) is 4.98 Å². The van der Waals surface area contributed by atoms with Crippen LogP contribution in [0.3, 0.4) is 0 Å². The van der Waals surface area contributed by atoms with E-state index < -0.39 is 0 Å². The summed E-state index contributed by atoms with van der Waals surface area (Å²) in [5.74, 6) is 2.49. The van der Waals surface area contributed by atoms with Gasteiger partial charge in [0.2, 0.25) is 5.95 Å². The van der Waals surface area contributed by atoms with E-state index in [0.717, 1.165) is 42.8 Å². The number of aromatic nitrogens is 2. The Morgan fingerprint density at radius 2 is 2.19 bits per heavy atom.